The van der Waals surface area contributed by atoms with Gasteiger partial charge in [0, 0.05) is 47.7 Å². The molecule has 0 saturated heterocycles. The number of pyridine rings is 1. The molecule has 1 amide bonds. The number of aromatic amines is 1. The van der Waals surface area contributed by atoms with E-state index in [2.05, 4.69) is 47.0 Å². The minimum absolute atomic E-state index is 0.0576. The summed E-state index contributed by atoms with van der Waals surface area (Å²) in [6, 6.07) is 16.2. The lowest BCUT2D eigenvalue weighted by Gasteiger charge is -2.07. The van der Waals surface area contributed by atoms with Crippen molar-refractivity contribution in [3.05, 3.63) is 81.3 Å². The number of hydrogen-bond acceptors (Lipinski definition) is 2. The highest BCUT2D eigenvalue weighted by atomic mass is 16.1. The number of benzene rings is 2. The first-order chi connectivity index (χ1) is 13.9. The Bertz CT molecular complexity index is 1280. The zero-order valence-electron chi connectivity index (χ0n) is 17.0. The number of hydrogen-bond donors (Lipinski definition) is 2. The SMILES string of the molecule is Cc1ccc2cc(CCC(=O)NCc3ccc4c(c3)cc(C)n4C)c(=O)[nH]c2c1. The zero-order valence-corrected chi connectivity index (χ0v) is 17.0. The van der Waals surface area contributed by atoms with E-state index in [9.17, 15) is 9.59 Å². The molecule has 2 N–H and O–H groups in total. The molecule has 0 spiro atoms. The van der Waals surface area contributed by atoms with Gasteiger partial charge in [0.1, 0.15) is 0 Å². The van der Waals surface area contributed by atoms with Gasteiger partial charge in [-0.1, -0.05) is 18.2 Å². The van der Waals surface area contributed by atoms with Crippen molar-refractivity contribution in [2.24, 2.45) is 7.05 Å². The van der Waals surface area contributed by atoms with Gasteiger partial charge < -0.3 is 14.9 Å². The third-order valence-electron chi connectivity index (χ3n) is 5.54. The van der Waals surface area contributed by atoms with Gasteiger partial charge in [-0.05, 0) is 67.1 Å². The van der Waals surface area contributed by atoms with E-state index < -0.39 is 0 Å². The first kappa shape index (κ1) is 19.0. The zero-order chi connectivity index (χ0) is 20.5. The van der Waals surface area contributed by atoms with Crippen molar-refractivity contribution in [1.82, 2.24) is 14.9 Å². The number of amides is 1. The summed E-state index contributed by atoms with van der Waals surface area (Å²) in [5, 5.41) is 5.12. The average molecular weight is 387 g/mol. The Balaban J connectivity index is 1.39. The molecule has 0 aliphatic carbocycles. The summed E-state index contributed by atoms with van der Waals surface area (Å²) in [5.41, 5.74) is 5.90. The second-order valence-corrected chi connectivity index (χ2v) is 7.73. The van der Waals surface area contributed by atoms with Crippen molar-refractivity contribution in [3.8, 4) is 0 Å². The van der Waals surface area contributed by atoms with E-state index in [1.165, 1.54) is 16.6 Å². The Morgan fingerprint density at radius 3 is 2.69 bits per heavy atom. The summed E-state index contributed by atoms with van der Waals surface area (Å²) in [5.74, 6) is -0.0576. The minimum Gasteiger partial charge on any atom is -0.352 e. The first-order valence-electron chi connectivity index (χ1n) is 9.85. The van der Waals surface area contributed by atoms with E-state index in [0.29, 0.717) is 18.5 Å². The van der Waals surface area contributed by atoms with Gasteiger partial charge in [0.2, 0.25) is 5.91 Å². The maximum Gasteiger partial charge on any atom is 0.251 e. The third-order valence-corrected chi connectivity index (χ3v) is 5.54. The molecule has 5 heteroatoms. The van der Waals surface area contributed by atoms with Crippen molar-refractivity contribution in [2.75, 3.05) is 0 Å². The van der Waals surface area contributed by atoms with Crippen LogP contribution in [0.25, 0.3) is 21.8 Å². The molecule has 5 nitrogen and oxygen atoms in total. The highest BCUT2D eigenvalue weighted by molar-refractivity contribution is 5.82. The van der Waals surface area contributed by atoms with Crippen molar-refractivity contribution < 1.29 is 4.79 Å². The summed E-state index contributed by atoms with van der Waals surface area (Å²) in [4.78, 5) is 27.5. The topological polar surface area (TPSA) is 66.9 Å². The Morgan fingerprint density at radius 1 is 1.03 bits per heavy atom. The van der Waals surface area contributed by atoms with Gasteiger partial charge in [-0.3, -0.25) is 9.59 Å². The number of H-pyrrole nitrogens is 1. The maximum absolute atomic E-state index is 12.3. The highest BCUT2D eigenvalue weighted by Gasteiger charge is 2.08. The van der Waals surface area contributed by atoms with Crippen LogP contribution < -0.4 is 10.9 Å². The van der Waals surface area contributed by atoms with Gasteiger partial charge in [-0.2, -0.15) is 0 Å². The Labute approximate surface area is 169 Å². The minimum atomic E-state index is -0.124. The van der Waals surface area contributed by atoms with Crippen LogP contribution in [0.2, 0.25) is 0 Å². The van der Waals surface area contributed by atoms with Gasteiger partial charge in [0.05, 0.1) is 0 Å². The van der Waals surface area contributed by atoms with E-state index in [1.54, 1.807) is 0 Å². The number of carbonyl (C=O) groups is 1. The van der Waals surface area contributed by atoms with Crippen LogP contribution in [-0.4, -0.2) is 15.5 Å². The van der Waals surface area contributed by atoms with Gasteiger partial charge >= 0.3 is 0 Å². The molecule has 0 saturated carbocycles. The lowest BCUT2D eigenvalue weighted by Crippen LogP contribution is -2.24. The van der Waals surface area contributed by atoms with E-state index in [-0.39, 0.29) is 17.9 Å². The highest BCUT2D eigenvalue weighted by Crippen LogP contribution is 2.20. The van der Waals surface area contributed by atoms with Crippen molar-refractivity contribution >= 4 is 27.7 Å². The molecule has 0 unspecified atom stereocenters. The molecule has 0 bridgehead atoms. The molecule has 0 atom stereocenters. The lowest BCUT2D eigenvalue weighted by atomic mass is 10.1. The second kappa shape index (κ2) is 7.59. The van der Waals surface area contributed by atoms with Crippen LogP contribution >= 0.6 is 0 Å². The molecule has 29 heavy (non-hydrogen) atoms. The fraction of sp³-hybridized carbons (Fsp3) is 0.250. The number of nitrogens with zero attached hydrogens (tertiary/aromatic N) is 1. The summed E-state index contributed by atoms with van der Waals surface area (Å²) < 4.78 is 2.15. The Morgan fingerprint density at radius 2 is 1.86 bits per heavy atom. The first-order valence-corrected chi connectivity index (χ1v) is 9.85. The summed E-state index contributed by atoms with van der Waals surface area (Å²) >= 11 is 0. The Hall–Kier alpha value is -3.34. The van der Waals surface area contributed by atoms with Gasteiger partial charge in [-0.15, -0.1) is 0 Å². The van der Waals surface area contributed by atoms with Crippen LogP contribution in [0.1, 0.15) is 28.8 Å². The third kappa shape index (κ3) is 3.94. The van der Waals surface area contributed by atoms with Gasteiger partial charge in [0.15, 0.2) is 0 Å². The molecule has 4 rings (SSSR count). The summed E-state index contributed by atoms with van der Waals surface area (Å²) in [6.45, 7) is 4.56. The van der Waals surface area contributed by atoms with Crippen molar-refractivity contribution in [2.45, 2.75) is 33.2 Å². The van der Waals surface area contributed by atoms with E-state index in [0.717, 1.165) is 22.0 Å². The second-order valence-electron chi connectivity index (χ2n) is 7.73. The predicted molar refractivity (Wildman–Crippen MR) is 117 cm³/mol. The molecule has 0 radical (unpaired) electrons. The van der Waals surface area contributed by atoms with Gasteiger partial charge in [0.25, 0.3) is 5.56 Å². The fourth-order valence-electron chi connectivity index (χ4n) is 3.73. The lowest BCUT2D eigenvalue weighted by molar-refractivity contribution is -0.121. The van der Waals surface area contributed by atoms with Gasteiger partial charge in [-0.25, -0.2) is 0 Å². The number of nitrogens with one attached hydrogen (secondary N) is 2. The standard InChI is InChI=1S/C24H25N3O2/c1-15-4-6-18-13-19(24(29)26-21(18)10-15)7-9-23(28)25-14-17-5-8-22-20(12-17)11-16(2)27(22)3/h4-6,8,10-13H,7,9,14H2,1-3H3,(H,25,28)(H,26,29). The van der Waals surface area contributed by atoms with Crippen LogP contribution in [-0.2, 0) is 24.8 Å². The molecule has 148 valence electrons. The Kier molecular flexibility index (Phi) is 4.97. The number of aromatic nitrogens is 2. The van der Waals surface area contributed by atoms with E-state index in [4.69, 9.17) is 0 Å². The van der Waals surface area contributed by atoms with Crippen LogP contribution in [0.5, 0.6) is 0 Å². The number of carbonyl (C=O) groups excluding carboxylic acids is 1. The van der Waals surface area contributed by atoms with Crippen LogP contribution in [0.15, 0.2) is 53.3 Å². The largest absolute Gasteiger partial charge is 0.352 e. The summed E-state index contributed by atoms with van der Waals surface area (Å²) in [6.07, 6.45) is 0.703. The molecule has 2 aromatic heterocycles. The van der Waals surface area contributed by atoms with Crippen molar-refractivity contribution in [3.63, 3.8) is 0 Å². The summed E-state index contributed by atoms with van der Waals surface area (Å²) in [7, 11) is 2.05. The maximum atomic E-state index is 12.3. The van der Waals surface area contributed by atoms with Crippen LogP contribution in [0, 0.1) is 13.8 Å². The number of fused-ring (bicyclic) bond motifs is 2. The quantitative estimate of drug-likeness (QED) is 0.546. The predicted octanol–water partition coefficient (Wildman–Crippen LogP) is 3.89. The molecule has 2 aromatic carbocycles. The molecule has 0 aliphatic heterocycles. The molecule has 0 fully saturated rings. The number of aryl methyl sites for hydroxylation is 4. The van der Waals surface area contributed by atoms with E-state index >= 15 is 0 Å². The molecular formula is C24H25N3O2. The normalized spacial score (nSPS) is 11.3. The van der Waals surface area contributed by atoms with Crippen LogP contribution in [0.4, 0.5) is 0 Å². The monoisotopic (exact) mass is 387 g/mol. The molecule has 0 aliphatic rings. The van der Waals surface area contributed by atoms with Crippen molar-refractivity contribution in [1.29, 1.82) is 0 Å². The van der Waals surface area contributed by atoms with Crippen LogP contribution in [0.3, 0.4) is 0 Å². The van der Waals surface area contributed by atoms with E-state index in [1.807, 2.05) is 37.3 Å². The molecular weight excluding hydrogens is 362 g/mol. The fourth-order valence-corrected chi connectivity index (χ4v) is 3.73. The average Bonchev–Trinajstić information content (AvgIpc) is 2.98. The molecule has 2 heterocycles. The number of rotatable bonds is 5. The smallest absolute Gasteiger partial charge is 0.251 e. The molecule has 4 aromatic rings.